The van der Waals surface area contributed by atoms with Gasteiger partial charge < -0.3 is 10.2 Å². The summed E-state index contributed by atoms with van der Waals surface area (Å²) in [6.45, 7) is 4.06. The van der Waals surface area contributed by atoms with Crippen LogP contribution in [0.15, 0.2) is 48.9 Å². The molecule has 3 heterocycles. The van der Waals surface area contributed by atoms with E-state index in [0.29, 0.717) is 6.04 Å². The highest BCUT2D eigenvalue weighted by atomic mass is 15.2. The van der Waals surface area contributed by atoms with Crippen molar-refractivity contribution in [2.75, 3.05) is 23.3 Å². The molecule has 5 nitrogen and oxygen atoms in total. The number of hydrogen-bond acceptors (Lipinski definition) is 5. The van der Waals surface area contributed by atoms with E-state index in [2.05, 4.69) is 49.4 Å². The number of fused-ring (bicyclic) bond motifs is 1. The fraction of sp³-hybridized carbons (Fsp3) is 0.316. The Hall–Kier alpha value is -2.69. The number of pyridine rings is 1. The minimum absolute atomic E-state index is 0.462. The van der Waals surface area contributed by atoms with Crippen molar-refractivity contribution in [1.29, 1.82) is 0 Å². The number of aryl methyl sites for hydroxylation is 1. The summed E-state index contributed by atoms with van der Waals surface area (Å²) in [7, 11) is 0. The third-order valence-electron chi connectivity index (χ3n) is 4.62. The molecule has 0 aliphatic carbocycles. The Morgan fingerprint density at radius 2 is 1.88 bits per heavy atom. The zero-order chi connectivity index (χ0) is 16.4. The van der Waals surface area contributed by atoms with E-state index in [4.69, 9.17) is 0 Å². The van der Waals surface area contributed by atoms with Gasteiger partial charge in [-0.1, -0.05) is 18.2 Å². The van der Waals surface area contributed by atoms with Gasteiger partial charge in [0.25, 0.3) is 0 Å². The van der Waals surface area contributed by atoms with E-state index < -0.39 is 0 Å². The van der Waals surface area contributed by atoms with Crippen LogP contribution in [0.3, 0.4) is 0 Å². The summed E-state index contributed by atoms with van der Waals surface area (Å²) in [5, 5.41) is 4.77. The van der Waals surface area contributed by atoms with Gasteiger partial charge in [-0.15, -0.1) is 0 Å². The number of nitrogens with zero attached hydrogens (tertiary/aromatic N) is 4. The van der Waals surface area contributed by atoms with Gasteiger partial charge in [0.1, 0.15) is 12.1 Å². The standard InChI is InChI=1S/C19H21N5/c1-14-12-19(22-13-21-14)23-15-7-10-24(11-8-15)18-6-9-20-17-5-3-2-4-16(17)18/h2-6,9,12-13,15H,7-8,10-11H2,1H3,(H,21,22,23). The van der Waals surface area contributed by atoms with Gasteiger partial charge in [-0.25, -0.2) is 9.97 Å². The highest BCUT2D eigenvalue weighted by Crippen LogP contribution is 2.28. The van der Waals surface area contributed by atoms with Crippen LogP contribution in [0.1, 0.15) is 18.5 Å². The predicted octanol–water partition coefficient (Wildman–Crippen LogP) is 3.41. The lowest BCUT2D eigenvalue weighted by atomic mass is 10.0. The molecule has 3 aromatic rings. The Bertz CT molecular complexity index is 835. The Morgan fingerprint density at radius 1 is 1.04 bits per heavy atom. The lowest BCUT2D eigenvalue weighted by Gasteiger charge is -2.34. The highest BCUT2D eigenvalue weighted by Gasteiger charge is 2.21. The van der Waals surface area contributed by atoms with E-state index in [0.717, 1.165) is 43.0 Å². The van der Waals surface area contributed by atoms with Crippen molar-refractivity contribution < 1.29 is 0 Å². The third kappa shape index (κ3) is 3.02. The summed E-state index contributed by atoms with van der Waals surface area (Å²) in [6.07, 6.45) is 5.72. The monoisotopic (exact) mass is 319 g/mol. The molecular formula is C19H21N5. The minimum Gasteiger partial charge on any atom is -0.371 e. The van der Waals surface area contributed by atoms with E-state index in [9.17, 15) is 0 Å². The molecule has 2 aromatic heterocycles. The van der Waals surface area contributed by atoms with Crippen molar-refractivity contribution in [3.8, 4) is 0 Å². The second-order valence-corrected chi connectivity index (χ2v) is 6.30. The summed E-state index contributed by atoms with van der Waals surface area (Å²) in [4.78, 5) is 15.4. The zero-order valence-electron chi connectivity index (χ0n) is 13.8. The number of hydrogen-bond donors (Lipinski definition) is 1. The molecule has 1 saturated heterocycles. The van der Waals surface area contributed by atoms with Crippen LogP contribution in [0.4, 0.5) is 11.5 Å². The largest absolute Gasteiger partial charge is 0.371 e. The average Bonchev–Trinajstić information content (AvgIpc) is 2.62. The van der Waals surface area contributed by atoms with Gasteiger partial charge in [-0.2, -0.15) is 0 Å². The molecule has 1 aliphatic heterocycles. The summed E-state index contributed by atoms with van der Waals surface area (Å²) < 4.78 is 0. The molecule has 24 heavy (non-hydrogen) atoms. The molecule has 0 bridgehead atoms. The van der Waals surface area contributed by atoms with Gasteiger partial charge in [-0.3, -0.25) is 4.98 Å². The van der Waals surface area contributed by atoms with Gasteiger partial charge in [0.05, 0.1) is 5.52 Å². The van der Waals surface area contributed by atoms with Crippen molar-refractivity contribution in [3.05, 3.63) is 54.6 Å². The first-order valence-electron chi connectivity index (χ1n) is 8.43. The highest BCUT2D eigenvalue weighted by molar-refractivity contribution is 5.91. The molecule has 1 fully saturated rings. The number of piperidine rings is 1. The summed E-state index contributed by atoms with van der Waals surface area (Å²) in [6, 6.07) is 12.9. The number of aromatic nitrogens is 3. The number of benzene rings is 1. The van der Waals surface area contributed by atoms with Crippen LogP contribution in [-0.4, -0.2) is 34.1 Å². The molecule has 4 rings (SSSR count). The SMILES string of the molecule is Cc1cc(NC2CCN(c3ccnc4ccccc34)CC2)ncn1. The first kappa shape index (κ1) is 14.9. The van der Waals surface area contributed by atoms with Crippen LogP contribution in [0.5, 0.6) is 0 Å². The molecule has 0 unspecified atom stereocenters. The van der Waals surface area contributed by atoms with Crippen molar-refractivity contribution in [2.45, 2.75) is 25.8 Å². The third-order valence-corrected chi connectivity index (χ3v) is 4.62. The number of para-hydroxylation sites is 1. The van der Waals surface area contributed by atoms with Crippen LogP contribution in [-0.2, 0) is 0 Å². The molecule has 1 N–H and O–H groups in total. The number of nitrogens with one attached hydrogen (secondary N) is 1. The van der Waals surface area contributed by atoms with Crippen molar-refractivity contribution in [2.24, 2.45) is 0 Å². The van der Waals surface area contributed by atoms with E-state index in [-0.39, 0.29) is 0 Å². The Balaban J connectivity index is 1.46. The maximum absolute atomic E-state index is 4.46. The van der Waals surface area contributed by atoms with Crippen LogP contribution in [0.2, 0.25) is 0 Å². The summed E-state index contributed by atoms with van der Waals surface area (Å²) in [5.74, 6) is 0.926. The topological polar surface area (TPSA) is 53.9 Å². The Morgan fingerprint density at radius 3 is 2.71 bits per heavy atom. The maximum atomic E-state index is 4.46. The van der Waals surface area contributed by atoms with Gasteiger partial charge in [0.2, 0.25) is 0 Å². The van der Waals surface area contributed by atoms with Gasteiger partial charge in [0.15, 0.2) is 0 Å². The minimum atomic E-state index is 0.462. The van der Waals surface area contributed by atoms with E-state index in [1.165, 1.54) is 11.1 Å². The average molecular weight is 319 g/mol. The van der Waals surface area contributed by atoms with Crippen LogP contribution >= 0.6 is 0 Å². The molecule has 5 heteroatoms. The molecule has 0 atom stereocenters. The molecule has 0 saturated carbocycles. The molecule has 1 aromatic carbocycles. The molecule has 0 radical (unpaired) electrons. The lowest BCUT2D eigenvalue weighted by Crippen LogP contribution is -2.39. The quantitative estimate of drug-likeness (QED) is 0.802. The first-order valence-corrected chi connectivity index (χ1v) is 8.43. The normalized spacial score (nSPS) is 15.6. The van der Waals surface area contributed by atoms with Crippen molar-refractivity contribution in [1.82, 2.24) is 15.0 Å². The first-order chi connectivity index (χ1) is 11.8. The number of rotatable bonds is 3. The Labute approximate surface area is 141 Å². The lowest BCUT2D eigenvalue weighted by molar-refractivity contribution is 0.526. The molecule has 1 aliphatic rings. The molecule has 0 amide bonds. The molecule has 122 valence electrons. The smallest absolute Gasteiger partial charge is 0.129 e. The van der Waals surface area contributed by atoms with Gasteiger partial charge >= 0.3 is 0 Å². The van der Waals surface area contributed by atoms with Gasteiger partial charge in [0, 0.05) is 48.2 Å². The van der Waals surface area contributed by atoms with Crippen molar-refractivity contribution >= 4 is 22.4 Å². The van der Waals surface area contributed by atoms with E-state index in [1.807, 2.05) is 25.3 Å². The maximum Gasteiger partial charge on any atom is 0.129 e. The molecule has 0 spiro atoms. The van der Waals surface area contributed by atoms with Crippen LogP contribution in [0, 0.1) is 6.92 Å². The van der Waals surface area contributed by atoms with Crippen LogP contribution in [0.25, 0.3) is 10.9 Å². The van der Waals surface area contributed by atoms with Crippen LogP contribution < -0.4 is 10.2 Å². The van der Waals surface area contributed by atoms with Crippen molar-refractivity contribution in [3.63, 3.8) is 0 Å². The Kier molecular flexibility index (Phi) is 3.99. The number of anilines is 2. The predicted molar refractivity (Wildman–Crippen MR) is 97.4 cm³/mol. The van der Waals surface area contributed by atoms with E-state index in [1.54, 1.807) is 6.33 Å². The second-order valence-electron chi connectivity index (χ2n) is 6.30. The summed E-state index contributed by atoms with van der Waals surface area (Å²) >= 11 is 0. The van der Waals surface area contributed by atoms with E-state index >= 15 is 0 Å². The zero-order valence-corrected chi connectivity index (χ0v) is 13.8. The fourth-order valence-electron chi connectivity index (χ4n) is 3.36. The fourth-order valence-corrected chi connectivity index (χ4v) is 3.36. The second kappa shape index (κ2) is 6.43. The summed E-state index contributed by atoms with van der Waals surface area (Å²) in [5.41, 5.74) is 3.34. The molecular weight excluding hydrogens is 298 g/mol. The van der Waals surface area contributed by atoms with Gasteiger partial charge in [-0.05, 0) is 31.9 Å².